The second-order valence-electron chi connectivity index (χ2n) is 6.43. The molecule has 0 saturated heterocycles. The third-order valence-electron chi connectivity index (χ3n) is 3.66. The van der Waals surface area contributed by atoms with Gasteiger partial charge in [-0.1, -0.05) is 45.0 Å². The van der Waals surface area contributed by atoms with Crippen LogP contribution in [0.1, 0.15) is 44.7 Å². The predicted molar refractivity (Wildman–Crippen MR) is 78.6 cm³/mol. The molecule has 0 atom stereocenters. The first-order chi connectivity index (χ1) is 9.19. The van der Waals surface area contributed by atoms with Gasteiger partial charge in [-0.3, -0.25) is 0 Å². The second kappa shape index (κ2) is 4.87. The highest BCUT2D eigenvalue weighted by molar-refractivity contribution is 7.89. The monoisotopic (exact) mass is 292 g/mol. The predicted octanol–water partition coefficient (Wildman–Crippen LogP) is 2.42. The molecule has 1 N–H and O–H groups in total. The van der Waals surface area contributed by atoms with Gasteiger partial charge in [0.05, 0.1) is 11.6 Å². The van der Waals surface area contributed by atoms with Crippen LogP contribution in [-0.2, 0) is 21.0 Å². The van der Waals surface area contributed by atoms with Crippen LogP contribution in [0.3, 0.4) is 0 Å². The van der Waals surface area contributed by atoms with Gasteiger partial charge >= 0.3 is 0 Å². The third kappa shape index (κ3) is 3.20. The van der Waals surface area contributed by atoms with Gasteiger partial charge in [-0.15, -0.1) is 0 Å². The van der Waals surface area contributed by atoms with E-state index in [1.165, 1.54) is 5.56 Å². The van der Waals surface area contributed by atoms with Crippen LogP contribution in [-0.4, -0.2) is 14.2 Å². The number of nitriles is 1. The molecule has 108 valence electrons. The molecule has 1 fully saturated rings. The van der Waals surface area contributed by atoms with Gasteiger partial charge in [0, 0.05) is 0 Å². The summed E-state index contributed by atoms with van der Waals surface area (Å²) in [5.41, 5.74) is 1.78. The highest BCUT2D eigenvalue weighted by Gasteiger charge is 2.47. The highest BCUT2D eigenvalue weighted by atomic mass is 32.2. The Morgan fingerprint density at radius 1 is 1.25 bits per heavy atom. The fraction of sp³-hybridized carbons (Fsp3) is 0.533. The van der Waals surface area contributed by atoms with Gasteiger partial charge in [0.2, 0.25) is 10.0 Å². The van der Waals surface area contributed by atoms with Gasteiger partial charge in [0.15, 0.2) is 5.75 Å². The van der Waals surface area contributed by atoms with Crippen molar-refractivity contribution >= 4 is 10.0 Å². The molecule has 0 aromatic heterocycles. The largest absolute Gasteiger partial charge is 0.225 e. The molecule has 1 aromatic carbocycles. The molecule has 0 heterocycles. The minimum Gasteiger partial charge on any atom is -0.211 e. The Labute approximate surface area is 120 Å². The number of nitrogens with one attached hydrogen (secondary N) is 1. The molecule has 0 bridgehead atoms. The van der Waals surface area contributed by atoms with Crippen LogP contribution in [0.5, 0.6) is 0 Å². The lowest BCUT2D eigenvalue weighted by Crippen LogP contribution is -2.36. The molecule has 5 heteroatoms. The quantitative estimate of drug-likeness (QED) is 0.926. The van der Waals surface area contributed by atoms with E-state index in [1.54, 1.807) is 6.07 Å². The van der Waals surface area contributed by atoms with Crippen molar-refractivity contribution in [2.24, 2.45) is 0 Å². The maximum absolute atomic E-state index is 11.8. The smallest absolute Gasteiger partial charge is 0.211 e. The molecule has 1 saturated carbocycles. The summed E-state index contributed by atoms with van der Waals surface area (Å²) in [6.07, 6.45) is 1.57. The lowest BCUT2D eigenvalue weighted by Gasteiger charge is -2.21. The van der Waals surface area contributed by atoms with E-state index in [4.69, 9.17) is 5.26 Å². The molecule has 4 nitrogen and oxygen atoms in total. The van der Waals surface area contributed by atoms with Gasteiger partial charge in [-0.2, -0.15) is 5.26 Å². The van der Waals surface area contributed by atoms with Crippen molar-refractivity contribution in [1.82, 2.24) is 4.72 Å². The zero-order valence-electron chi connectivity index (χ0n) is 12.1. The van der Waals surface area contributed by atoms with Crippen molar-refractivity contribution in [1.29, 1.82) is 5.26 Å². The van der Waals surface area contributed by atoms with E-state index >= 15 is 0 Å². The summed E-state index contributed by atoms with van der Waals surface area (Å²) in [7, 11) is -3.52. The van der Waals surface area contributed by atoms with E-state index < -0.39 is 21.3 Å². The summed E-state index contributed by atoms with van der Waals surface area (Å²) in [6.45, 7) is 6.43. The van der Waals surface area contributed by atoms with Crippen LogP contribution in [0.2, 0.25) is 0 Å². The van der Waals surface area contributed by atoms with E-state index in [1.807, 2.05) is 24.3 Å². The number of hydrogen-bond acceptors (Lipinski definition) is 3. The van der Waals surface area contributed by atoms with E-state index in [0.29, 0.717) is 0 Å². The van der Waals surface area contributed by atoms with E-state index in [-0.39, 0.29) is 5.41 Å². The zero-order chi connectivity index (χ0) is 15.0. The molecule has 0 amide bonds. The summed E-state index contributed by atoms with van der Waals surface area (Å²) < 4.78 is 26.2. The lowest BCUT2D eigenvalue weighted by molar-refractivity contribution is 0.553. The van der Waals surface area contributed by atoms with Crippen molar-refractivity contribution in [2.75, 3.05) is 5.75 Å². The molecule has 1 aromatic rings. The maximum Gasteiger partial charge on any atom is 0.225 e. The first-order valence-corrected chi connectivity index (χ1v) is 8.33. The average Bonchev–Trinajstić information content (AvgIpc) is 3.08. The summed E-state index contributed by atoms with van der Waals surface area (Å²) in [5.74, 6) is -0.491. The Morgan fingerprint density at radius 3 is 2.20 bits per heavy atom. The maximum atomic E-state index is 11.8. The van der Waals surface area contributed by atoms with Crippen LogP contribution < -0.4 is 4.72 Å². The Kier molecular flexibility index (Phi) is 3.66. The fourth-order valence-electron chi connectivity index (χ4n) is 2.28. The van der Waals surface area contributed by atoms with Crippen LogP contribution in [0.15, 0.2) is 24.3 Å². The molecule has 0 aliphatic heterocycles. The SMILES string of the molecule is CC(C)(C)c1ccc(C2(NS(=O)(=O)CC#N)CC2)cc1. The number of nitrogens with zero attached hydrogens (tertiary/aromatic N) is 1. The van der Waals surface area contributed by atoms with E-state index in [2.05, 4.69) is 25.5 Å². The minimum absolute atomic E-state index is 0.0789. The first kappa shape index (κ1) is 15.0. The average molecular weight is 292 g/mol. The molecule has 0 radical (unpaired) electrons. The zero-order valence-corrected chi connectivity index (χ0v) is 12.9. The van der Waals surface area contributed by atoms with Crippen LogP contribution >= 0.6 is 0 Å². The molecule has 0 unspecified atom stereocenters. The first-order valence-electron chi connectivity index (χ1n) is 6.68. The standard InChI is InChI=1S/C15H20N2O2S/c1-14(2,3)12-4-6-13(7-5-12)15(8-9-15)17-20(18,19)11-10-16/h4-7,17H,8-9,11H2,1-3H3. The van der Waals surface area contributed by atoms with Crippen molar-refractivity contribution in [3.8, 4) is 6.07 Å². The molecule has 2 rings (SSSR count). The number of benzene rings is 1. The van der Waals surface area contributed by atoms with Gasteiger partial charge in [0.25, 0.3) is 0 Å². The number of sulfonamides is 1. The minimum atomic E-state index is -3.52. The van der Waals surface area contributed by atoms with Crippen molar-refractivity contribution < 1.29 is 8.42 Å². The van der Waals surface area contributed by atoms with Crippen LogP contribution in [0.25, 0.3) is 0 Å². The summed E-state index contributed by atoms with van der Waals surface area (Å²) >= 11 is 0. The Hall–Kier alpha value is -1.38. The topological polar surface area (TPSA) is 70.0 Å². The Bertz CT molecular complexity index is 630. The number of rotatable bonds is 4. The van der Waals surface area contributed by atoms with Crippen molar-refractivity contribution in [3.63, 3.8) is 0 Å². The molecule has 20 heavy (non-hydrogen) atoms. The molecular weight excluding hydrogens is 272 g/mol. The molecule has 0 spiro atoms. The normalized spacial score (nSPS) is 17.5. The highest BCUT2D eigenvalue weighted by Crippen LogP contribution is 2.46. The number of hydrogen-bond donors (Lipinski definition) is 1. The molecule has 1 aliphatic carbocycles. The van der Waals surface area contributed by atoms with Crippen molar-refractivity contribution in [2.45, 2.75) is 44.6 Å². The van der Waals surface area contributed by atoms with Gasteiger partial charge in [-0.25, -0.2) is 13.1 Å². The Balaban J connectivity index is 2.22. The van der Waals surface area contributed by atoms with Gasteiger partial charge in [-0.05, 0) is 29.4 Å². The Morgan fingerprint density at radius 2 is 1.80 bits per heavy atom. The third-order valence-corrected chi connectivity index (χ3v) is 4.87. The summed E-state index contributed by atoms with van der Waals surface area (Å²) in [5, 5.41) is 8.55. The molecule has 1 aliphatic rings. The summed E-state index contributed by atoms with van der Waals surface area (Å²) in [6, 6.07) is 9.76. The fourth-order valence-corrected chi connectivity index (χ4v) is 3.44. The molecular formula is C15H20N2O2S. The summed E-state index contributed by atoms with van der Waals surface area (Å²) in [4.78, 5) is 0. The van der Waals surface area contributed by atoms with Crippen LogP contribution in [0.4, 0.5) is 0 Å². The van der Waals surface area contributed by atoms with Crippen LogP contribution in [0, 0.1) is 11.3 Å². The lowest BCUT2D eigenvalue weighted by atomic mass is 9.86. The van der Waals surface area contributed by atoms with E-state index in [0.717, 1.165) is 18.4 Å². The second-order valence-corrected chi connectivity index (χ2v) is 8.15. The van der Waals surface area contributed by atoms with Gasteiger partial charge in [0.1, 0.15) is 0 Å². The van der Waals surface area contributed by atoms with Crippen molar-refractivity contribution in [3.05, 3.63) is 35.4 Å². The van der Waals surface area contributed by atoms with Gasteiger partial charge < -0.3 is 0 Å². The van der Waals surface area contributed by atoms with E-state index in [9.17, 15) is 8.42 Å².